The molecular formula is C18H19ClN2O2. The lowest BCUT2D eigenvalue weighted by Gasteiger charge is -2.14. The molecule has 2 aromatic carbocycles. The summed E-state index contributed by atoms with van der Waals surface area (Å²) in [5.41, 5.74) is 5.44. The van der Waals surface area contributed by atoms with E-state index in [1.165, 1.54) is 5.56 Å². The van der Waals surface area contributed by atoms with Crippen molar-refractivity contribution in [3.8, 4) is 5.75 Å². The number of carbonyl (C=O) groups is 1. The Balaban J connectivity index is 1.90. The van der Waals surface area contributed by atoms with E-state index in [1.54, 1.807) is 31.3 Å². The van der Waals surface area contributed by atoms with Gasteiger partial charge in [-0.25, -0.2) is 5.43 Å². The maximum atomic E-state index is 12.0. The Morgan fingerprint density at radius 3 is 2.57 bits per heavy atom. The number of nitrogens with zero attached hydrogens (tertiary/aromatic N) is 1. The van der Waals surface area contributed by atoms with Gasteiger partial charge >= 0.3 is 0 Å². The van der Waals surface area contributed by atoms with Gasteiger partial charge < -0.3 is 4.74 Å². The molecule has 0 aromatic heterocycles. The number of halogens is 1. The molecule has 0 fully saturated rings. The molecule has 0 saturated carbocycles. The lowest BCUT2D eigenvalue weighted by molar-refractivity contribution is -0.127. The number of hydrazone groups is 1. The summed E-state index contributed by atoms with van der Waals surface area (Å²) in [7, 11) is 0. The van der Waals surface area contributed by atoms with Gasteiger partial charge in [0.15, 0.2) is 6.10 Å². The number of ether oxygens (including phenoxy) is 1. The van der Waals surface area contributed by atoms with E-state index in [0.717, 1.165) is 11.1 Å². The first-order valence-corrected chi connectivity index (χ1v) is 7.66. The smallest absolute Gasteiger partial charge is 0.280 e. The van der Waals surface area contributed by atoms with Crippen LogP contribution < -0.4 is 10.2 Å². The molecule has 0 bridgehead atoms. The fourth-order valence-electron chi connectivity index (χ4n) is 1.90. The zero-order valence-corrected chi connectivity index (χ0v) is 14.1. The van der Waals surface area contributed by atoms with Crippen LogP contribution in [0, 0.1) is 13.8 Å². The Morgan fingerprint density at radius 1 is 1.22 bits per heavy atom. The van der Waals surface area contributed by atoms with Gasteiger partial charge in [-0.1, -0.05) is 41.4 Å². The minimum Gasteiger partial charge on any atom is -0.481 e. The van der Waals surface area contributed by atoms with E-state index >= 15 is 0 Å². The first-order valence-electron chi connectivity index (χ1n) is 7.28. The standard InChI is InChI=1S/C18H19ClN2O2/c1-12-4-6-15(7-5-12)11-20-21-18(22)14(3)23-17-9-8-16(19)10-13(17)2/h4-11,14H,1-3H3,(H,21,22)/b20-11-/t14-/m0/s1. The van der Waals surface area contributed by atoms with E-state index in [0.29, 0.717) is 10.8 Å². The van der Waals surface area contributed by atoms with Gasteiger partial charge in [-0.15, -0.1) is 0 Å². The Labute approximate surface area is 141 Å². The lowest BCUT2D eigenvalue weighted by Crippen LogP contribution is -2.33. The molecular weight excluding hydrogens is 312 g/mol. The van der Waals surface area contributed by atoms with Crippen LogP contribution in [0.5, 0.6) is 5.75 Å². The summed E-state index contributed by atoms with van der Waals surface area (Å²) in [6, 6.07) is 13.1. The van der Waals surface area contributed by atoms with Crippen molar-refractivity contribution < 1.29 is 9.53 Å². The van der Waals surface area contributed by atoms with Crippen LogP contribution in [0.4, 0.5) is 0 Å². The maximum absolute atomic E-state index is 12.0. The van der Waals surface area contributed by atoms with Crippen molar-refractivity contribution in [3.05, 3.63) is 64.2 Å². The average molecular weight is 331 g/mol. The van der Waals surface area contributed by atoms with Crippen LogP contribution in [0.1, 0.15) is 23.6 Å². The highest BCUT2D eigenvalue weighted by atomic mass is 35.5. The Kier molecular flexibility index (Phi) is 5.77. The molecule has 0 aliphatic carbocycles. The van der Waals surface area contributed by atoms with Gasteiger partial charge in [0.1, 0.15) is 5.75 Å². The fourth-order valence-corrected chi connectivity index (χ4v) is 2.13. The molecule has 0 heterocycles. The van der Waals surface area contributed by atoms with E-state index in [9.17, 15) is 4.79 Å². The summed E-state index contributed by atoms with van der Waals surface area (Å²) in [5.74, 6) is 0.308. The first-order chi connectivity index (χ1) is 11.0. The molecule has 1 amide bonds. The summed E-state index contributed by atoms with van der Waals surface area (Å²) in [5, 5.41) is 4.58. The molecule has 0 aliphatic rings. The maximum Gasteiger partial charge on any atom is 0.280 e. The normalized spacial score (nSPS) is 12.2. The second-order valence-corrected chi connectivity index (χ2v) is 5.75. The monoisotopic (exact) mass is 330 g/mol. The summed E-state index contributed by atoms with van der Waals surface area (Å²) < 4.78 is 5.64. The van der Waals surface area contributed by atoms with Gasteiger partial charge in [0.05, 0.1) is 6.21 Å². The Bertz CT molecular complexity index is 711. The number of amides is 1. The largest absolute Gasteiger partial charge is 0.481 e. The topological polar surface area (TPSA) is 50.7 Å². The summed E-state index contributed by atoms with van der Waals surface area (Å²) >= 11 is 5.90. The zero-order valence-electron chi connectivity index (χ0n) is 13.3. The average Bonchev–Trinajstić information content (AvgIpc) is 2.51. The van der Waals surface area contributed by atoms with E-state index in [4.69, 9.17) is 16.3 Å². The highest BCUT2D eigenvalue weighted by molar-refractivity contribution is 6.30. The van der Waals surface area contributed by atoms with E-state index in [2.05, 4.69) is 10.5 Å². The number of hydrogen-bond acceptors (Lipinski definition) is 3. The van der Waals surface area contributed by atoms with Crippen molar-refractivity contribution in [1.82, 2.24) is 5.43 Å². The number of benzene rings is 2. The lowest BCUT2D eigenvalue weighted by atomic mass is 10.2. The minimum atomic E-state index is -0.662. The van der Waals surface area contributed by atoms with Crippen LogP contribution in [0.15, 0.2) is 47.6 Å². The van der Waals surface area contributed by atoms with Gasteiger partial charge in [0.2, 0.25) is 0 Å². The molecule has 0 radical (unpaired) electrons. The molecule has 2 rings (SSSR count). The summed E-state index contributed by atoms with van der Waals surface area (Å²) in [4.78, 5) is 12.0. The van der Waals surface area contributed by atoms with Crippen molar-refractivity contribution in [2.75, 3.05) is 0 Å². The molecule has 23 heavy (non-hydrogen) atoms. The molecule has 1 atom stereocenters. The van der Waals surface area contributed by atoms with Gasteiger partial charge in [-0.3, -0.25) is 4.79 Å². The van der Waals surface area contributed by atoms with E-state index < -0.39 is 6.10 Å². The van der Waals surface area contributed by atoms with Gasteiger partial charge in [0.25, 0.3) is 5.91 Å². The highest BCUT2D eigenvalue weighted by Gasteiger charge is 2.15. The third-order valence-electron chi connectivity index (χ3n) is 3.28. The molecule has 0 unspecified atom stereocenters. The molecule has 0 aliphatic heterocycles. The van der Waals surface area contributed by atoms with Gasteiger partial charge in [-0.2, -0.15) is 5.10 Å². The molecule has 4 nitrogen and oxygen atoms in total. The number of hydrogen-bond donors (Lipinski definition) is 1. The number of rotatable bonds is 5. The highest BCUT2D eigenvalue weighted by Crippen LogP contribution is 2.22. The summed E-state index contributed by atoms with van der Waals surface area (Å²) in [6.07, 6.45) is 0.933. The molecule has 120 valence electrons. The molecule has 0 saturated heterocycles. The SMILES string of the molecule is Cc1ccc(/C=N\NC(=O)[C@H](C)Oc2ccc(Cl)cc2C)cc1. The van der Waals surface area contributed by atoms with E-state index in [1.807, 2.05) is 38.1 Å². The summed E-state index contributed by atoms with van der Waals surface area (Å²) in [6.45, 7) is 5.56. The number of aryl methyl sites for hydroxylation is 2. The number of nitrogens with one attached hydrogen (secondary N) is 1. The van der Waals surface area contributed by atoms with Crippen LogP contribution >= 0.6 is 11.6 Å². The van der Waals surface area contributed by atoms with Crippen LogP contribution in [-0.4, -0.2) is 18.2 Å². The Hall–Kier alpha value is -2.33. The zero-order chi connectivity index (χ0) is 16.8. The van der Waals surface area contributed by atoms with Crippen LogP contribution in [0.25, 0.3) is 0 Å². The van der Waals surface area contributed by atoms with Gasteiger partial charge in [0, 0.05) is 5.02 Å². The number of carbonyl (C=O) groups excluding carboxylic acids is 1. The third kappa shape index (κ3) is 5.11. The first kappa shape index (κ1) is 17.0. The minimum absolute atomic E-state index is 0.317. The van der Waals surface area contributed by atoms with Crippen LogP contribution in [0.3, 0.4) is 0 Å². The van der Waals surface area contributed by atoms with Crippen LogP contribution in [-0.2, 0) is 4.79 Å². The fraction of sp³-hybridized carbons (Fsp3) is 0.222. The molecule has 1 N–H and O–H groups in total. The second-order valence-electron chi connectivity index (χ2n) is 5.31. The van der Waals surface area contributed by atoms with Crippen LogP contribution in [0.2, 0.25) is 5.02 Å². The van der Waals surface area contributed by atoms with Crippen molar-refractivity contribution in [3.63, 3.8) is 0 Å². The van der Waals surface area contributed by atoms with Crippen molar-refractivity contribution >= 4 is 23.7 Å². The second kappa shape index (κ2) is 7.79. The molecule has 0 spiro atoms. The quantitative estimate of drug-likeness (QED) is 0.668. The van der Waals surface area contributed by atoms with Crippen molar-refractivity contribution in [2.45, 2.75) is 26.9 Å². The third-order valence-corrected chi connectivity index (χ3v) is 3.51. The van der Waals surface area contributed by atoms with Crippen molar-refractivity contribution in [1.29, 1.82) is 0 Å². The molecule has 5 heteroatoms. The Morgan fingerprint density at radius 2 is 1.91 bits per heavy atom. The predicted molar refractivity (Wildman–Crippen MR) is 93.2 cm³/mol. The van der Waals surface area contributed by atoms with E-state index in [-0.39, 0.29) is 5.91 Å². The molecule has 2 aromatic rings. The predicted octanol–water partition coefficient (Wildman–Crippen LogP) is 3.87. The van der Waals surface area contributed by atoms with Gasteiger partial charge in [-0.05, 0) is 50.1 Å². The van der Waals surface area contributed by atoms with Crippen molar-refractivity contribution in [2.24, 2.45) is 5.10 Å².